The summed E-state index contributed by atoms with van der Waals surface area (Å²) in [4.78, 5) is 6.42. The molecule has 0 aromatic carbocycles. The topological polar surface area (TPSA) is 28.7 Å². The predicted octanol–water partition coefficient (Wildman–Crippen LogP) is -5.58. The molecule has 0 saturated heterocycles. The van der Waals surface area contributed by atoms with E-state index < -0.39 is 0 Å². The van der Waals surface area contributed by atoms with Crippen LogP contribution in [0.3, 0.4) is 0 Å². The van der Waals surface area contributed by atoms with E-state index in [1.165, 1.54) is 0 Å². The monoisotopic (exact) mass is 126 g/mol. The van der Waals surface area contributed by atoms with Crippen molar-refractivity contribution in [3.63, 3.8) is 0 Å². The zero-order valence-corrected chi connectivity index (χ0v) is 6.81. The van der Waals surface area contributed by atoms with Gasteiger partial charge in [-0.15, -0.1) is 0 Å². The number of hydrogen-bond donors (Lipinski definition) is 1. The van der Waals surface area contributed by atoms with E-state index in [9.17, 15) is 0 Å². The van der Waals surface area contributed by atoms with E-state index in [-0.39, 0.29) is 42.0 Å². The van der Waals surface area contributed by atoms with Gasteiger partial charge < -0.3 is 17.4 Å². The first kappa shape index (κ1) is 10.5. The van der Waals surface area contributed by atoms with Gasteiger partial charge in [0.1, 0.15) is 0 Å². The van der Waals surface area contributed by atoms with Crippen LogP contribution >= 0.6 is 0 Å². The molecule has 0 saturated carbocycles. The van der Waals surface area contributed by atoms with Gasteiger partial charge in [-0.05, 0) is 0 Å². The Morgan fingerprint density at radius 1 is 1.43 bits per heavy atom. The Hall–Kier alpha value is 0.500. The zero-order valence-electron chi connectivity index (χ0n) is 4.06. The van der Waals surface area contributed by atoms with Gasteiger partial charge in [-0.25, -0.2) is 4.98 Å². The van der Waals surface area contributed by atoms with Gasteiger partial charge in [-0.3, -0.25) is 0 Å². The van der Waals surface area contributed by atoms with Crippen LogP contribution in [0.4, 0.5) is 0 Å². The van der Waals surface area contributed by atoms with Gasteiger partial charge in [-0.2, -0.15) is 0 Å². The summed E-state index contributed by atoms with van der Waals surface area (Å²) in [6.07, 6.45) is 5.08. The third kappa shape index (κ3) is 4.35. The number of nitrogens with zero attached hydrogens (tertiary/aromatic N) is 1. The van der Waals surface area contributed by atoms with E-state index >= 15 is 0 Å². The second-order valence-corrected chi connectivity index (χ2v) is 0.761. The van der Waals surface area contributed by atoms with Crippen LogP contribution in [0.5, 0.6) is 0 Å². The Morgan fingerprint density at radius 2 is 2.14 bits per heavy atom. The SMILES string of the molecule is [Cl-].[Na+].c1c[nH]cn1. The summed E-state index contributed by atoms with van der Waals surface area (Å²) >= 11 is 0. The van der Waals surface area contributed by atoms with Crippen LogP contribution in [-0.2, 0) is 0 Å². The van der Waals surface area contributed by atoms with Crippen LogP contribution in [0.25, 0.3) is 0 Å². The Balaban J connectivity index is 0. The molecule has 1 rings (SSSR count). The molecule has 1 aromatic heterocycles. The third-order valence-corrected chi connectivity index (χ3v) is 0.406. The van der Waals surface area contributed by atoms with Gasteiger partial charge in [0.25, 0.3) is 0 Å². The molecule has 1 N–H and O–H groups in total. The standard InChI is InChI=1S/C3H4N2.ClH.Na/c1-2-5-3-4-1;;/h1-3H,(H,4,5);1H;/q;;+1/p-1. The molecule has 0 atom stereocenters. The summed E-state index contributed by atoms with van der Waals surface area (Å²) in [7, 11) is 0. The van der Waals surface area contributed by atoms with Crippen molar-refractivity contribution in [1.29, 1.82) is 0 Å². The molecule has 0 aliphatic rings. The van der Waals surface area contributed by atoms with Crippen LogP contribution in [0.2, 0.25) is 0 Å². The van der Waals surface area contributed by atoms with E-state index in [4.69, 9.17) is 0 Å². The fourth-order valence-corrected chi connectivity index (χ4v) is 0.215. The number of imidazole rings is 1. The van der Waals surface area contributed by atoms with Crippen molar-refractivity contribution in [3.05, 3.63) is 18.7 Å². The fraction of sp³-hybridized carbons (Fsp3) is 0. The number of nitrogens with one attached hydrogen (secondary N) is 1. The summed E-state index contributed by atoms with van der Waals surface area (Å²) < 4.78 is 0. The van der Waals surface area contributed by atoms with Crippen molar-refractivity contribution < 1.29 is 42.0 Å². The summed E-state index contributed by atoms with van der Waals surface area (Å²) in [5, 5.41) is 0. The number of H-pyrrole nitrogens is 1. The second kappa shape index (κ2) is 6.50. The summed E-state index contributed by atoms with van der Waals surface area (Å²) in [6.45, 7) is 0. The zero-order chi connectivity index (χ0) is 3.54. The Bertz CT molecular complexity index is 69.4. The third-order valence-electron chi connectivity index (χ3n) is 0.406. The number of aromatic amines is 1. The molecule has 0 fully saturated rings. The first-order valence-electron chi connectivity index (χ1n) is 1.43. The van der Waals surface area contributed by atoms with Gasteiger partial charge in [0, 0.05) is 12.4 Å². The minimum Gasteiger partial charge on any atom is -1.00 e. The molecule has 1 heterocycles. The van der Waals surface area contributed by atoms with Crippen LogP contribution in [0.15, 0.2) is 18.7 Å². The largest absolute Gasteiger partial charge is 1.00 e. The number of aromatic nitrogens is 2. The number of rotatable bonds is 0. The molecule has 7 heavy (non-hydrogen) atoms. The average Bonchev–Trinajstić information content (AvgIpc) is 1.76. The minimum atomic E-state index is 0. The minimum absolute atomic E-state index is 0. The average molecular weight is 127 g/mol. The molecule has 0 bridgehead atoms. The molecule has 0 aliphatic heterocycles. The number of hydrogen-bond acceptors (Lipinski definition) is 1. The molecular weight excluding hydrogens is 122 g/mol. The van der Waals surface area contributed by atoms with Gasteiger partial charge in [0.2, 0.25) is 0 Å². The van der Waals surface area contributed by atoms with Crippen molar-refractivity contribution in [2.75, 3.05) is 0 Å². The second-order valence-electron chi connectivity index (χ2n) is 0.761. The first-order valence-corrected chi connectivity index (χ1v) is 1.43. The van der Waals surface area contributed by atoms with Gasteiger partial charge in [0.05, 0.1) is 6.33 Å². The Labute approximate surface area is 70.4 Å². The predicted molar refractivity (Wildman–Crippen MR) is 18.6 cm³/mol. The van der Waals surface area contributed by atoms with E-state index in [0.29, 0.717) is 0 Å². The van der Waals surface area contributed by atoms with Crippen LogP contribution < -0.4 is 42.0 Å². The van der Waals surface area contributed by atoms with Crippen LogP contribution in [0.1, 0.15) is 0 Å². The molecule has 4 heteroatoms. The molecular formula is C3H4ClN2Na. The van der Waals surface area contributed by atoms with E-state index in [0.717, 1.165) is 0 Å². The van der Waals surface area contributed by atoms with Crippen molar-refractivity contribution in [2.45, 2.75) is 0 Å². The summed E-state index contributed by atoms with van der Waals surface area (Å²) in [5.74, 6) is 0. The van der Waals surface area contributed by atoms with Crippen molar-refractivity contribution >= 4 is 0 Å². The Kier molecular flexibility index (Phi) is 9.73. The van der Waals surface area contributed by atoms with E-state index in [1.54, 1.807) is 18.7 Å². The molecule has 1 aromatic rings. The van der Waals surface area contributed by atoms with Crippen molar-refractivity contribution in [1.82, 2.24) is 9.97 Å². The molecule has 0 amide bonds. The quantitative estimate of drug-likeness (QED) is 0.345. The first-order chi connectivity index (χ1) is 2.50. The van der Waals surface area contributed by atoms with Gasteiger partial charge in [-0.1, -0.05) is 0 Å². The van der Waals surface area contributed by atoms with Gasteiger partial charge in [0.15, 0.2) is 0 Å². The molecule has 0 unspecified atom stereocenters. The van der Waals surface area contributed by atoms with E-state index in [1.807, 2.05) is 0 Å². The summed E-state index contributed by atoms with van der Waals surface area (Å²) in [6, 6.07) is 0. The fourth-order valence-electron chi connectivity index (χ4n) is 0.215. The maximum atomic E-state index is 3.67. The Morgan fingerprint density at radius 3 is 2.29 bits per heavy atom. The van der Waals surface area contributed by atoms with Gasteiger partial charge >= 0.3 is 29.6 Å². The molecule has 0 spiro atoms. The van der Waals surface area contributed by atoms with Crippen molar-refractivity contribution in [2.24, 2.45) is 0 Å². The van der Waals surface area contributed by atoms with E-state index in [2.05, 4.69) is 9.97 Å². The smallest absolute Gasteiger partial charge is 1.00 e. The molecule has 2 nitrogen and oxygen atoms in total. The normalized spacial score (nSPS) is 5.71. The van der Waals surface area contributed by atoms with Crippen LogP contribution in [0, 0.1) is 0 Å². The number of halogens is 1. The maximum absolute atomic E-state index is 3.67. The van der Waals surface area contributed by atoms with Crippen LogP contribution in [-0.4, -0.2) is 9.97 Å². The summed E-state index contributed by atoms with van der Waals surface area (Å²) in [5.41, 5.74) is 0. The molecule has 34 valence electrons. The molecule has 0 aliphatic carbocycles. The molecule has 0 radical (unpaired) electrons. The van der Waals surface area contributed by atoms with Crippen molar-refractivity contribution in [3.8, 4) is 0 Å². The maximum Gasteiger partial charge on any atom is 1.00 e.